The minimum Gasteiger partial charge on any atom is -0.456 e. The highest BCUT2D eigenvalue weighted by Gasteiger charge is 2.15. The number of fused-ring (bicyclic) bond motifs is 3. The third-order valence-corrected chi connectivity index (χ3v) is 5.68. The molecule has 0 aliphatic carbocycles. The fraction of sp³-hybridized carbons (Fsp3) is 0. The van der Waals surface area contributed by atoms with Crippen LogP contribution in [0.2, 0.25) is 0 Å². The van der Waals surface area contributed by atoms with Crippen LogP contribution in [-0.2, 0) is 10.0 Å². The Morgan fingerprint density at radius 3 is 2.33 bits per heavy atom. The van der Waals surface area contributed by atoms with Crippen molar-refractivity contribution in [3.63, 3.8) is 0 Å². The van der Waals surface area contributed by atoms with Crippen molar-refractivity contribution in [2.45, 2.75) is 4.90 Å². The average Bonchev–Trinajstić information content (AvgIpc) is 2.92. The van der Waals surface area contributed by atoms with Gasteiger partial charge in [-0.05, 0) is 42.5 Å². The summed E-state index contributed by atoms with van der Waals surface area (Å²) in [6, 6.07) is 19.5. The van der Waals surface area contributed by atoms with Crippen molar-refractivity contribution in [2.24, 2.45) is 0 Å². The zero-order valence-electron chi connectivity index (χ0n) is 12.4. The molecule has 0 unspecified atom stereocenters. The fourth-order valence-corrected chi connectivity index (χ4v) is 3.93. The summed E-state index contributed by atoms with van der Waals surface area (Å²) < 4.78 is 34.1. The summed E-state index contributed by atoms with van der Waals surface area (Å²) in [6.45, 7) is 0. The summed E-state index contributed by atoms with van der Waals surface area (Å²) in [4.78, 5) is 0.204. The topological polar surface area (TPSA) is 59.3 Å². The Morgan fingerprint density at radius 1 is 0.833 bits per heavy atom. The lowest BCUT2D eigenvalue weighted by Crippen LogP contribution is -2.12. The Hall–Kier alpha value is -2.31. The van der Waals surface area contributed by atoms with E-state index in [2.05, 4.69) is 20.7 Å². The lowest BCUT2D eigenvalue weighted by molar-refractivity contribution is 0.601. The van der Waals surface area contributed by atoms with Crippen LogP contribution >= 0.6 is 15.9 Å². The van der Waals surface area contributed by atoms with Gasteiger partial charge in [0.25, 0.3) is 10.0 Å². The predicted molar refractivity (Wildman–Crippen MR) is 98.7 cm³/mol. The first kappa shape index (κ1) is 15.2. The molecule has 0 spiro atoms. The molecule has 3 aromatic carbocycles. The van der Waals surface area contributed by atoms with Crippen LogP contribution in [0.15, 0.2) is 80.5 Å². The Bertz CT molecular complexity index is 1150. The van der Waals surface area contributed by atoms with Crippen LogP contribution < -0.4 is 4.72 Å². The van der Waals surface area contributed by atoms with Crippen LogP contribution in [0.4, 0.5) is 5.69 Å². The number of hydrogen-bond acceptors (Lipinski definition) is 3. The quantitative estimate of drug-likeness (QED) is 0.516. The molecule has 0 aliphatic heterocycles. The van der Waals surface area contributed by atoms with Crippen molar-refractivity contribution in [3.05, 3.63) is 71.2 Å². The Kier molecular flexibility index (Phi) is 3.58. The molecule has 4 nitrogen and oxygen atoms in total. The second kappa shape index (κ2) is 5.65. The van der Waals surface area contributed by atoms with Crippen LogP contribution in [0.5, 0.6) is 0 Å². The SMILES string of the molecule is O=S(=O)(Nc1ccc2c(c1)oc1ccccc12)c1ccc(Br)cc1. The van der Waals surface area contributed by atoms with Crippen LogP contribution in [-0.4, -0.2) is 8.42 Å². The molecule has 4 aromatic rings. The van der Waals surface area contributed by atoms with Gasteiger partial charge in [0.2, 0.25) is 0 Å². The van der Waals surface area contributed by atoms with Crippen molar-refractivity contribution in [3.8, 4) is 0 Å². The lowest BCUT2D eigenvalue weighted by Gasteiger charge is -2.08. The highest BCUT2D eigenvalue weighted by atomic mass is 79.9. The molecule has 0 atom stereocenters. The fourth-order valence-electron chi connectivity index (χ4n) is 2.62. The molecule has 0 saturated heterocycles. The van der Waals surface area contributed by atoms with Crippen LogP contribution in [0.3, 0.4) is 0 Å². The van der Waals surface area contributed by atoms with Crippen LogP contribution in [0.1, 0.15) is 0 Å². The normalized spacial score (nSPS) is 11.9. The van der Waals surface area contributed by atoms with Gasteiger partial charge in [-0.1, -0.05) is 34.1 Å². The van der Waals surface area contributed by atoms with Gasteiger partial charge >= 0.3 is 0 Å². The van der Waals surface area contributed by atoms with E-state index in [0.29, 0.717) is 11.3 Å². The molecule has 1 N–H and O–H groups in total. The zero-order chi connectivity index (χ0) is 16.7. The third-order valence-electron chi connectivity index (χ3n) is 3.75. The van der Waals surface area contributed by atoms with E-state index in [1.807, 2.05) is 30.3 Å². The van der Waals surface area contributed by atoms with E-state index < -0.39 is 10.0 Å². The molecule has 120 valence electrons. The number of hydrogen-bond donors (Lipinski definition) is 1. The zero-order valence-corrected chi connectivity index (χ0v) is 14.8. The summed E-state index contributed by atoms with van der Waals surface area (Å²) in [6.07, 6.45) is 0. The monoisotopic (exact) mass is 401 g/mol. The van der Waals surface area contributed by atoms with Crippen molar-refractivity contribution >= 4 is 53.6 Å². The summed E-state index contributed by atoms with van der Waals surface area (Å²) in [5, 5.41) is 1.96. The number of rotatable bonds is 3. The van der Waals surface area contributed by atoms with Crippen molar-refractivity contribution in [1.29, 1.82) is 0 Å². The van der Waals surface area contributed by atoms with E-state index in [1.54, 1.807) is 36.4 Å². The number of nitrogens with one attached hydrogen (secondary N) is 1. The smallest absolute Gasteiger partial charge is 0.261 e. The van der Waals surface area contributed by atoms with Gasteiger partial charge in [-0.15, -0.1) is 0 Å². The van der Waals surface area contributed by atoms with Gasteiger partial charge in [-0.25, -0.2) is 8.42 Å². The van der Waals surface area contributed by atoms with Gasteiger partial charge in [-0.3, -0.25) is 4.72 Å². The van der Waals surface area contributed by atoms with Crippen molar-refractivity contribution < 1.29 is 12.8 Å². The number of para-hydroxylation sites is 1. The van der Waals surface area contributed by atoms with Gasteiger partial charge in [0.05, 0.1) is 10.6 Å². The molecule has 4 rings (SSSR count). The van der Waals surface area contributed by atoms with Gasteiger partial charge in [0.15, 0.2) is 0 Å². The van der Waals surface area contributed by atoms with E-state index in [0.717, 1.165) is 20.8 Å². The van der Waals surface area contributed by atoms with Crippen molar-refractivity contribution in [2.75, 3.05) is 4.72 Å². The van der Waals surface area contributed by atoms with Gasteiger partial charge in [0.1, 0.15) is 11.2 Å². The molecule has 0 saturated carbocycles. The first-order valence-electron chi connectivity index (χ1n) is 7.23. The number of anilines is 1. The van der Waals surface area contributed by atoms with E-state index >= 15 is 0 Å². The number of sulfonamides is 1. The Balaban J connectivity index is 1.74. The molecular formula is C18H12BrNO3S. The second-order valence-corrected chi connectivity index (χ2v) is 7.97. The number of halogens is 1. The molecule has 0 fully saturated rings. The summed E-state index contributed by atoms with van der Waals surface area (Å²) in [5.41, 5.74) is 1.89. The maximum absolute atomic E-state index is 12.5. The molecule has 0 radical (unpaired) electrons. The van der Waals surface area contributed by atoms with E-state index in [4.69, 9.17) is 4.42 Å². The van der Waals surface area contributed by atoms with Crippen molar-refractivity contribution in [1.82, 2.24) is 0 Å². The molecule has 0 amide bonds. The first-order valence-corrected chi connectivity index (χ1v) is 9.50. The minimum absolute atomic E-state index is 0.204. The van der Waals surface area contributed by atoms with E-state index in [-0.39, 0.29) is 4.90 Å². The maximum Gasteiger partial charge on any atom is 0.261 e. The molecule has 1 aromatic heterocycles. The first-order chi connectivity index (χ1) is 11.5. The Labute approximate surface area is 147 Å². The molecule has 0 aliphatic rings. The van der Waals surface area contributed by atoms with E-state index in [9.17, 15) is 8.42 Å². The van der Waals surface area contributed by atoms with Crippen LogP contribution in [0, 0.1) is 0 Å². The van der Waals surface area contributed by atoms with Gasteiger partial charge < -0.3 is 4.42 Å². The number of benzene rings is 3. The summed E-state index contributed by atoms with van der Waals surface area (Å²) >= 11 is 3.30. The standard InChI is InChI=1S/C18H12BrNO3S/c19-12-5-8-14(9-6-12)24(21,22)20-13-7-10-16-15-3-1-2-4-17(15)23-18(16)11-13/h1-11,20H. The highest BCUT2D eigenvalue weighted by Crippen LogP contribution is 2.31. The summed E-state index contributed by atoms with van der Waals surface area (Å²) in [5.74, 6) is 0. The second-order valence-electron chi connectivity index (χ2n) is 5.37. The van der Waals surface area contributed by atoms with E-state index in [1.165, 1.54) is 0 Å². The molecule has 1 heterocycles. The molecular weight excluding hydrogens is 390 g/mol. The van der Waals surface area contributed by atoms with Gasteiger partial charge in [-0.2, -0.15) is 0 Å². The molecule has 0 bridgehead atoms. The Morgan fingerprint density at radius 2 is 1.54 bits per heavy atom. The number of furan rings is 1. The lowest BCUT2D eigenvalue weighted by atomic mass is 10.1. The predicted octanol–water partition coefficient (Wildman–Crippen LogP) is 5.15. The maximum atomic E-state index is 12.5. The average molecular weight is 402 g/mol. The van der Waals surface area contributed by atoms with Crippen LogP contribution in [0.25, 0.3) is 21.9 Å². The summed E-state index contributed by atoms with van der Waals surface area (Å²) in [7, 11) is -3.64. The molecule has 6 heteroatoms. The largest absolute Gasteiger partial charge is 0.456 e. The van der Waals surface area contributed by atoms with Gasteiger partial charge in [0, 0.05) is 21.3 Å². The third kappa shape index (κ3) is 2.68. The molecule has 24 heavy (non-hydrogen) atoms. The minimum atomic E-state index is -3.64. The highest BCUT2D eigenvalue weighted by molar-refractivity contribution is 9.10.